The van der Waals surface area contributed by atoms with E-state index in [4.69, 9.17) is 9.47 Å². The van der Waals surface area contributed by atoms with E-state index in [0.717, 1.165) is 24.8 Å². The monoisotopic (exact) mass is 816 g/mol. The van der Waals surface area contributed by atoms with Crippen molar-refractivity contribution in [1.29, 1.82) is 0 Å². The largest absolute Gasteiger partial charge is 0.491 e. The molecule has 0 saturated heterocycles. The van der Waals surface area contributed by atoms with Crippen LogP contribution < -0.4 is 4.74 Å². The maximum Gasteiger partial charge on any atom is 0.460 e. The smallest absolute Gasteiger partial charge is 0.460 e. The Morgan fingerprint density at radius 2 is 1.17 bits per heavy atom. The molecule has 0 aliphatic carbocycles. The molecule has 8 nitrogen and oxygen atoms in total. The molecule has 0 fully saturated rings. The summed E-state index contributed by atoms with van der Waals surface area (Å²) in [6, 6.07) is 6.45. The maximum atomic E-state index is 13.7. The first-order chi connectivity index (χ1) is 24.8. The summed E-state index contributed by atoms with van der Waals surface area (Å²) in [6.45, 7) is -2.67. The van der Waals surface area contributed by atoms with Crippen LogP contribution in [0.1, 0.15) is 51.0 Å². The molecule has 1 aromatic heterocycles. The zero-order valence-electron chi connectivity index (χ0n) is 28.1. The number of hydrogen-bond acceptors (Lipinski definition) is 8. The van der Waals surface area contributed by atoms with E-state index in [2.05, 4.69) is 26.4 Å². The van der Waals surface area contributed by atoms with Crippen molar-refractivity contribution in [3.63, 3.8) is 0 Å². The molecule has 1 N–H and O–H groups in total. The fourth-order valence-electron chi connectivity index (χ4n) is 4.13. The number of hydrogen-bond donors (Lipinski definition) is 1. The first-order valence-corrected chi connectivity index (χ1v) is 15.9. The van der Waals surface area contributed by atoms with E-state index in [1.807, 2.05) is 0 Å². The molecule has 1 unspecified atom stereocenters. The van der Waals surface area contributed by atoms with E-state index in [0.29, 0.717) is 17.1 Å². The molecule has 1 heterocycles. The van der Waals surface area contributed by atoms with Crippen LogP contribution >= 0.6 is 0 Å². The molecule has 1 atom stereocenters. The zero-order chi connectivity index (χ0) is 41.1. The number of rotatable bonds is 25. The molecular weight excluding hydrogens is 781 g/mol. The molecule has 0 radical (unpaired) electrons. The molecule has 54 heavy (non-hydrogen) atoms. The molecular formula is C31H35F15N2O6. The molecule has 23 heteroatoms. The average molecular weight is 817 g/mol. The van der Waals surface area contributed by atoms with Gasteiger partial charge in [0.25, 0.3) is 0 Å². The third-order valence-electron chi connectivity index (χ3n) is 7.02. The lowest BCUT2D eigenvalue weighted by molar-refractivity contribution is -0.543. The molecule has 0 spiro atoms. The second kappa shape index (κ2) is 19.1. The van der Waals surface area contributed by atoms with Crippen molar-refractivity contribution in [1.82, 2.24) is 9.97 Å². The van der Waals surface area contributed by atoms with Crippen molar-refractivity contribution in [3.05, 3.63) is 42.2 Å². The first kappa shape index (κ1) is 47.0. The number of unbranched alkanes of at least 4 members (excludes halogenated alkanes) is 5. The van der Waals surface area contributed by atoms with Gasteiger partial charge in [0.2, 0.25) is 0 Å². The highest BCUT2D eigenvalue weighted by Crippen LogP contribution is 2.56. The van der Waals surface area contributed by atoms with Gasteiger partial charge in [0, 0.05) is 18.0 Å². The Kier molecular flexibility index (Phi) is 16.7. The summed E-state index contributed by atoms with van der Waals surface area (Å²) < 4.78 is 214. The van der Waals surface area contributed by atoms with Crippen LogP contribution in [-0.4, -0.2) is 96.7 Å². The number of aryl methyl sites for hydroxylation is 1. The van der Waals surface area contributed by atoms with Gasteiger partial charge in [-0.05, 0) is 42.7 Å². The number of nitrogens with zero attached hydrogens (tertiary/aromatic N) is 2. The molecule has 0 aliphatic rings. The minimum absolute atomic E-state index is 0.313. The van der Waals surface area contributed by atoms with Gasteiger partial charge in [-0.15, -0.1) is 0 Å². The summed E-state index contributed by atoms with van der Waals surface area (Å²) >= 11 is 0. The molecule has 0 saturated carbocycles. The summed E-state index contributed by atoms with van der Waals surface area (Å²) in [5, 5.41) is 9.97. The molecule has 2 aromatic rings. The van der Waals surface area contributed by atoms with Crippen LogP contribution in [-0.2, 0) is 25.4 Å². The van der Waals surface area contributed by atoms with Crippen LogP contribution in [0, 0.1) is 0 Å². The predicted molar refractivity (Wildman–Crippen MR) is 156 cm³/mol. The van der Waals surface area contributed by atoms with Gasteiger partial charge in [-0.3, -0.25) is 0 Å². The van der Waals surface area contributed by atoms with E-state index in [9.17, 15) is 71.0 Å². The third-order valence-corrected chi connectivity index (χ3v) is 7.02. The van der Waals surface area contributed by atoms with Crippen molar-refractivity contribution in [2.24, 2.45) is 0 Å². The fraction of sp³-hybridized carbons (Fsp3) is 0.677. The number of alkyl halides is 15. The standard InChI is InChI=1S/C31H35F15N2O6/c1-2-3-4-5-6-7-8-20-15-47-24(48-16-20)21-9-11-23(12-10-21)52-18-22(49)17-50-13-14-51-19-25(32,33)53-30(43,44)31(45,46)54-29(41,42)27(36,37)26(34,35)28(38,39)40/h9-12,15-16,22,49H,2-8,13-14,17-19H2,1H3. The molecule has 2 rings (SSSR count). The molecule has 0 aliphatic heterocycles. The fourth-order valence-corrected chi connectivity index (χ4v) is 4.13. The van der Waals surface area contributed by atoms with Crippen molar-refractivity contribution in [2.75, 3.05) is 33.0 Å². The lowest BCUT2D eigenvalue weighted by Crippen LogP contribution is -2.64. The predicted octanol–water partition coefficient (Wildman–Crippen LogP) is 9.06. The van der Waals surface area contributed by atoms with Gasteiger partial charge in [0.05, 0.1) is 19.8 Å². The second-order valence-electron chi connectivity index (χ2n) is 11.6. The number of halogens is 15. The van der Waals surface area contributed by atoms with Gasteiger partial charge in [0.15, 0.2) is 5.82 Å². The SMILES string of the molecule is CCCCCCCCc1cnc(-c2ccc(OCC(O)COCCOCC(F)(F)OC(F)(F)C(F)(F)OC(F)(F)C(F)(F)C(F)(F)C(F)(F)F)cc2)nc1. The van der Waals surface area contributed by atoms with Gasteiger partial charge >= 0.3 is 42.5 Å². The van der Waals surface area contributed by atoms with Crippen molar-refractivity contribution < 1.29 is 94.6 Å². The third kappa shape index (κ3) is 13.3. The maximum absolute atomic E-state index is 13.7. The number of ether oxygens (including phenoxy) is 5. The number of benzene rings is 1. The van der Waals surface area contributed by atoms with Crippen LogP contribution in [0.3, 0.4) is 0 Å². The van der Waals surface area contributed by atoms with Crippen LogP contribution in [0.5, 0.6) is 5.75 Å². The highest BCUT2D eigenvalue weighted by atomic mass is 19.4. The Balaban J connectivity index is 1.74. The molecule has 0 amide bonds. The van der Waals surface area contributed by atoms with Gasteiger partial charge in [-0.1, -0.05) is 39.0 Å². The Morgan fingerprint density at radius 3 is 1.74 bits per heavy atom. The zero-order valence-corrected chi connectivity index (χ0v) is 28.1. The van der Waals surface area contributed by atoms with E-state index in [-0.39, 0.29) is 6.61 Å². The van der Waals surface area contributed by atoms with Crippen LogP contribution in [0.4, 0.5) is 65.9 Å². The highest BCUT2D eigenvalue weighted by molar-refractivity contribution is 5.55. The summed E-state index contributed by atoms with van der Waals surface area (Å²) in [5.74, 6) is -15.0. The van der Waals surface area contributed by atoms with Gasteiger partial charge in [-0.2, -0.15) is 65.9 Å². The average Bonchev–Trinajstić information content (AvgIpc) is 3.05. The van der Waals surface area contributed by atoms with Gasteiger partial charge in [0.1, 0.15) is 25.1 Å². The number of aliphatic hydroxyl groups is 1. The quantitative estimate of drug-likeness (QED) is 0.0785. The van der Waals surface area contributed by atoms with Crippen molar-refractivity contribution in [3.8, 4) is 17.1 Å². The Morgan fingerprint density at radius 1 is 0.630 bits per heavy atom. The van der Waals surface area contributed by atoms with Crippen molar-refractivity contribution in [2.45, 2.75) is 100 Å². The molecule has 1 aromatic carbocycles. The lowest BCUT2D eigenvalue weighted by Gasteiger charge is -2.36. The molecule has 310 valence electrons. The Bertz CT molecular complexity index is 1400. The van der Waals surface area contributed by atoms with E-state index < -0.39 is 75.0 Å². The Labute approximate surface area is 297 Å². The van der Waals surface area contributed by atoms with E-state index in [1.54, 1.807) is 41.4 Å². The first-order valence-electron chi connectivity index (χ1n) is 15.9. The minimum atomic E-state index is -7.94. The highest BCUT2D eigenvalue weighted by Gasteiger charge is 2.85. The van der Waals surface area contributed by atoms with Gasteiger partial charge in [-0.25, -0.2) is 19.4 Å². The van der Waals surface area contributed by atoms with E-state index in [1.165, 1.54) is 25.7 Å². The van der Waals surface area contributed by atoms with Crippen LogP contribution in [0.25, 0.3) is 11.4 Å². The summed E-state index contributed by atoms with van der Waals surface area (Å²) in [7, 11) is 0. The number of aromatic nitrogens is 2. The van der Waals surface area contributed by atoms with E-state index >= 15 is 0 Å². The van der Waals surface area contributed by atoms with Crippen molar-refractivity contribution >= 4 is 0 Å². The summed E-state index contributed by atoms with van der Waals surface area (Å²) in [5.41, 5.74) is 1.69. The van der Waals surface area contributed by atoms with Crippen LogP contribution in [0.15, 0.2) is 36.7 Å². The molecule has 0 bridgehead atoms. The topological polar surface area (TPSA) is 92.2 Å². The van der Waals surface area contributed by atoms with Crippen LogP contribution in [0.2, 0.25) is 0 Å². The lowest BCUT2D eigenvalue weighted by atomic mass is 10.1. The number of aliphatic hydroxyl groups excluding tert-OH is 1. The summed E-state index contributed by atoms with van der Waals surface area (Å²) in [6.07, 6.45) is -25.2. The van der Waals surface area contributed by atoms with Gasteiger partial charge < -0.3 is 19.3 Å². The minimum Gasteiger partial charge on any atom is -0.491 e. The normalized spacial score (nSPS) is 14.4. The second-order valence-corrected chi connectivity index (χ2v) is 11.6. The summed E-state index contributed by atoms with van der Waals surface area (Å²) in [4.78, 5) is 8.75. The Hall–Kier alpha value is -3.15.